The molecule has 11 nitrogen and oxygen atoms in total. The number of benzene rings is 1. The molecule has 160 valence electrons. The van der Waals surface area contributed by atoms with Gasteiger partial charge in [-0.25, -0.2) is 13.2 Å². The number of nitrogens with zero attached hydrogens (tertiary/aromatic N) is 3. The van der Waals surface area contributed by atoms with Crippen LogP contribution in [0.15, 0.2) is 61.7 Å². The molecule has 4 aromatic rings. The smallest absolute Gasteiger partial charge is 0.326 e. The van der Waals surface area contributed by atoms with Crippen LogP contribution in [0.1, 0.15) is 25.8 Å². The maximum atomic E-state index is 13.0. The predicted octanol–water partition coefficient (Wildman–Crippen LogP) is 1.34. The highest BCUT2D eigenvalue weighted by atomic mass is 32.2. The molecule has 0 aliphatic rings. The van der Waals surface area contributed by atoms with Crippen molar-refractivity contribution in [1.82, 2.24) is 29.8 Å². The average Bonchev–Trinajstić information content (AvgIpc) is 3.22. The Labute approximate surface area is 175 Å². The lowest BCUT2D eigenvalue weighted by molar-refractivity contribution is 0.311. The second kappa shape index (κ2) is 7.89. The lowest BCUT2D eigenvalue weighted by atomic mass is 10.1. The number of aromatic nitrogens is 5. The van der Waals surface area contributed by atoms with Crippen LogP contribution in [-0.2, 0) is 10.0 Å². The van der Waals surface area contributed by atoms with Crippen LogP contribution in [-0.4, -0.2) is 33.5 Å². The van der Waals surface area contributed by atoms with Gasteiger partial charge in [0, 0.05) is 18.0 Å². The number of hydrogen-bond donors (Lipinski definition) is 3. The highest BCUT2D eigenvalue weighted by Gasteiger charge is 2.29. The minimum atomic E-state index is -4.06. The van der Waals surface area contributed by atoms with Crippen LogP contribution in [0.25, 0.3) is 22.3 Å². The van der Waals surface area contributed by atoms with Crippen LogP contribution < -0.4 is 16.0 Å². The van der Waals surface area contributed by atoms with Gasteiger partial charge >= 0.3 is 5.69 Å². The van der Waals surface area contributed by atoms with Gasteiger partial charge in [-0.15, -0.1) is 0 Å². The lowest BCUT2D eigenvalue weighted by Gasteiger charge is -2.18. The first-order chi connectivity index (χ1) is 14.7. The number of hydrogen-bond acceptors (Lipinski definition) is 8. The molecule has 4 rings (SSSR count). The average molecular weight is 442 g/mol. The van der Waals surface area contributed by atoms with Gasteiger partial charge in [0.15, 0.2) is 0 Å². The fourth-order valence-corrected chi connectivity index (χ4v) is 4.36. The Balaban J connectivity index is 1.68. The van der Waals surface area contributed by atoms with Crippen molar-refractivity contribution in [2.24, 2.45) is 5.92 Å². The van der Waals surface area contributed by atoms with Gasteiger partial charge in [0.05, 0.1) is 15.8 Å². The number of H-pyrrole nitrogens is 2. The second-order valence-corrected chi connectivity index (χ2v) is 8.87. The van der Waals surface area contributed by atoms with Crippen LogP contribution >= 0.6 is 0 Å². The van der Waals surface area contributed by atoms with E-state index in [1.165, 1.54) is 18.2 Å². The van der Waals surface area contributed by atoms with Crippen molar-refractivity contribution in [3.05, 3.63) is 69.5 Å². The molecular weight excluding hydrogens is 424 g/mol. The van der Waals surface area contributed by atoms with Crippen molar-refractivity contribution in [3.8, 4) is 11.4 Å². The molecule has 0 saturated heterocycles. The Morgan fingerprint density at radius 3 is 2.65 bits per heavy atom. The van der Waals surface area contributed by atoms with Gasteiger partial charge in [-0.05, 0) is 36.2 Å². The summed E-state index contributed by atoms with van der Waals surface area (Å²) in [5.74, 6) is 0.159. The predicted molar refractivity (Wildman–Crippen MR) is 111 cm³/mol. The highest BCUT2D eigenvalue weighted by molar-refractivity contribution is 7.89. The number of nitrogens with one attached hydrogen (secondary N) is 3. The Morgan fingerprint density at radius 1 is 1.13 bits per heavy atom. The number of sulfonamides is 1. The summed E-state index contributed by atoms with van der Waals surface area (Å²) in [6.45, 7) is 3.61. The molecule has 1 atom stereocenters. The normalized spacial score (nSPS) is 13.0. The van der Waals surface area contributed by atoms with E-state index in [9.17, 15) is 18.0 Å². The highest BCUT2D eigenvalue weighted by Crippen LogP contribution is 2.26. The Kier molecular flexibility index (Phi) is 5.25. The molecule has 0 saturated carbocycles. The maximum absolute atomic E-state index is 13.0. The standard InChI is InChI=1S/C19H18N6O5S/c1-10(2)15(18-22-16(24-30-18)11-4-3-7-20-9-11)25-31(28,29)12-5-6-14-13(8-12)17(26)23-19(27)21-14/h3-10,15,25H,1-2H3,(H2,21,23,26,27)/t15-/m1/s1. The van der Waals surface area contributed by atoms with E-state index in [0.29, 0.717) is 5.56 Å². The molecule has 0 fully saturated rings. The fraction of sp³-hybridized carbons (Fsp3) is 0.211. The first kappa shape index (κ1) is 20.6. The first-order valence-electron chi connectivity index (χ1n) is 9.27. The third kappa shape index (κ3) is 4.15. The summed E-state index contributed by atoms with van der Waals surface area (Å²) in [5, 5.41) is 3.96. The summed E-state index contributed by atoms with van der Waals surface area (Å²) in [7, 11) is -4.06. The fourth-order valence-electron chi connectivity index (χ4n) is 2.99. The summed E-state index contributed by atoms with van der Waals surface area (Å²) in [4.78, 5) is 36.1. The van der Waals surface area contributed by atoms with E-state index in [0.717, 1.165) is 0 Å². The molecule has 0 spiro atoms. The minimum absolute atomic E-state index is 0.0419. The van der Waals surface area contributed by atoms with Crippen LogP contribution in [0.3, 0.4) is 0 Å². The Morgan fingerprint density at radius 2 is 1.94 bits per heavy atom. The zero-order valence-corrected chi connectivity index (χ0v) is 17.3. The third-order valence-corrected chi connectivity index (χ3v) is 6.04. The lowest BCUT2D eigenvalue weighted by Crippen LogP contribution is -2.32. The van der Waals surface area contributed by atoms with E-state index in [1.807, 2.05) is 0 Å². The van der Waals surface area contributed by atoms with E-state index in [2.05, 4.69) is 29.8 Å². The van der Waals surface area contributed by atoms with E-state index < -0.39 is 27.3 Å². The van der Waals surface area contributed by atoms with Crippen molar-refractivity contribution in [3.63, 3.8) is 0 Å². The molecule has 1 aromatic carbocycles. The van der Waals surface area contributed by atoms with Crippen LogP contribution in [0, 0.1) is 5.92 Å². The van der Waals surface area contributed by atoms with Crippen molar-refractivity contribution in [2.75, 3.05) is 0 Å². The molecule has 0 amide bonds. The van der Waals surface area contributed by atoms with Gasteiger partial charge in [-0.1, -0.05) is 19.0 Å². The summed E-state index contributed by atoms with van der Waals surface area (Å²) >= 11 is 0. The van der Waals surface area contributed by atoms with Gasteiger partial charge in [-0.2, -0.15) is 9.71 Å². The molecule has 3 aromatic heterocycles. The zero-order valence-electron chi connectivity index (χ0n) is 16.5. The van der Waals surface area contributed by atoms with Gasteiger partial charge in [-0.3, -0.25) is 14.8 Å². The van der Waals surface area contributed by atoms with Crippen molar-refractivity contribution in [1.29, 1.82) is 0 Å². The molecule has 0 aliphatic heterocycles. The van der Waals surface area contributed by atoms with Gasteiger partial charge in [0.1, 0.15) is 6.04 Å². The summed E-state index contributed by atoms with van der Waals surface area (Å²) in [6.07, 6.45) is 3.18. The SMILES string of the molecule is CC(C)[C@@H](NS(=O)(=O)c1ccc2[nH]c(=O)[nH]c(=O)c2c1)c1nc(-c2cccnc2)no1. The second-order valence-electron chi connectivity index (χ2n) is 7.16. The van der Waals surface area contributed by atoms with E-state index >= 15 is 0 Å². The Hall–Kier alpha value is -3.64. The van der Waals surface area contributed by atoms with E-state index in [-0.39, 0.29) is 33.4 Å². The molecule has 3 N–H and O–H groups in total. The number of rotatable bonds is 6. The summed E-state index contributed by atoms with van der Waals surface area (Å²) in [6, 6.07) is 6.52. The number of pyridine rings is 1. The molecule has 0 unspecified atom stereocenters. The van der Waals surface area contributed by atoms with Crippen molar-refractivity contribution >= 4 is 20.9 Å². The summed E-state index contributed by atoms with van der Waals surface area (Å²) < 4.78 is 33.9. The van der Waals surface area contributed by atoms with Gasteiger partial charge < -0.3 is 9.51 Å². The maximum Gasteiger partial charge on any atom is 0.326 e. The monoisotopic (exact) mass is 442 g/mol. The molecule has 0 aliphatic carbocycles. The molecule has 0 bridgehead atoms. The van der Waals surface area contributed by atoms with Crippen LogP contribution in [0.2, 0.25) is 0 Å². The van der Waals surface area contributed by atoms with E-state index in [4.69, 9.17) is 4.52 Å². The van der Waals surface area contributed by atoms with Crippen LogP contribution in [0.4, 0.5) is 0 Å². The topological polar surface area (TPSA) is 164 Å². The largest absolute Gasteiger partial charge is 0.337 e. The molecule has 12 heteroatoms. The third-order valence-electron chi connectivity index (χ3n) is 4.60. The molecule has 3 heterocycles. The summed E-state index contributed by atoms with van der Waals surface area (Å²) in [5.41, 5.74) is -0.502. The molecule has 31 heavy (non-hydrogen) atoms. The first-order valence-corrected chi connectivity index (χ1v) is 10.8. The zero-order chi connectivity index (χ0) is 22.2. The van der Waals surface area contributed by atoms with E-state index in [1.54, 1.807) is 38.4 Å². The quantitative estimate of drug-likeness (QED) is 0.402. The van der Waals surface area contributed by atoms with Crippen molar-refractivity contribution < 1.29 is 12.9 Å². The van der Waals surface area contributed by atoms with Crippen LogP contribution in [0.5, 0.6) is 0 Å². The molecular formula is C19H18N6O5S. The Bertz CT molecular complexity index is 1460. The number of aromatic amines is 2. The minimum Gasteiger partial charge on any atom is -0.337 e. The van der Waals surface area contributed by atoms with Gasteiger partial charge in [0.2, 0.25) is 21.7 Å². The number of fused-ring (bicyclic) bond motifs is 1. The molecule has 0 radical (unpaired) electrons. The van der Waals surface area contributed by atoms with Crippen molar-refractivity contribution in [2.45, 2.75) is 24.8 Å². The van der Waals surface area contributed by atoms with Gasteiger partial charge in [0.25, 0.3) is 5.56 Å².